The highest BCUT2D eigenvalue weighted by atomic mass is 32.2. The molecule has 0 radical (unpaired) electrons. The second-order valence-corrected chi connectivity index (χ2v) is 7.11. The summed E-state index contributed by atoms with van der Waals surface area (Å²) in [7, 11) is 3.34. The summed E-state index contributed by atoms with van der Waals surface area (Å²) in [6.07, 6.45) is 0. The number of nitrogens with zero attached hydrogens (tertiary/aromatic N) is 1. The molecule has 5 heteroatoms. The molecule has 1 heterocycles. The number of hydrogen-bond donors (Lipinski definition) is 0. The van der Waals surface area contributed by atoms with Gasteiger partial charge in [0.25, 0.3) is 0 Å². The molecule has 0 fully saturated rings. The zero-order chi connectivity index (χ0) is 16.9. The van der Waals surface area contributed by atoms with Gasteiger partial charge in [-0.05, 0) is 59.5 Å². The van der Waals surface area contributed by atoms with E-state index in [0.29, 0.717) is 0 Å². The van der Waals surface area contributed by atoms with E-state index >= 15 is 0 Å². The molecule has 0 spiro atoms. The lowest BCUT2D eigenvalue weighted by molar-refractivity contribution is 0.414. The van der Waals surface area contributed by atoms with Crippen LogP contribution in [0.5, 0.6) is 11.5 Å². The Morgan fingerprint density at radius 2 is 1.46 bits per heavy atom. The molecular formula is C19H17NO2S2. The summed E-state index contributed by atoms with van der Waals surface area (Å²) in [6, 6.07) is 16.0. The Labute approximate surface area is 150 Å². The van der Waals surface area contributed by atoms with Gasteiger partial charge in [-0.15, -0.1) is 11.3 Å². The van der Waals surface area contributed by atoms with Crippen molar-refractivity contribution in [2.75, 3.05) is 14.2 Å². The van der Waals surface area contributed by atoms with Crippen LogP contribution in [0.4, 0.5) is 0 Å². The van der Waals surface area contributed by atoms with Gasteiger partial charge in [-0.1, -0.05) is 18.3 Å². The summed E-state index contributed by atoms with van der Waals surface area (Å²) in [5.74, 6) is 1.68. The van der Waals surface area contributed by atoms with Crippen LogP contribution in [0.2, 0.25) is 0 Å². The Balaban J connectivity index is 2.07. The Kier molecular flexibility index (Phi) is 5.23. The van der Waals surface area contributed by atoms with Gasteiger partial charge in [0.1, 0.15) is 11.5 Å². The predicted molar refractivity (Wildman–Crippen MR) is 102 cm³/mol. The lowest BCUT2D eigenvalue weighted by atomic mass is 10.1. The minimum absolute atomic E-state index is 0.834. The van der Waals surface area contributed by atoms with E-state index in [4.69, 9.17) is 14.5 Å². The van der Waals surface area contributed by atoms with Crippen molar-refractivity contribution in [3.05, 3.63) is 60.5 Å². The van der Waals surface area contributed by atoms with Crippen molar-refractivity contribution in [2.24, 2.45) is 0 Å². The molecule has 2 aromatic carbocycles. The van der Waals surface area contributed by atoms with Crippen molar-refractivity contribution < 1.29 is 9.47 Å². The first kappa shape index (κ1) is 16.6. The van der Waals surface area contributed by atoms with Gasteiger partial charge in [-0.3, -0.25) is 0 Å². The zero-order valence-electron chi connectivity index (χ0n) is 13.5. The number of rotatable bonds is 6. The van der Waals surface area contributed by atoms with Gasteiger partial charge in [0.05, 0.1) is 24.8 Å². The second kappa shape index (κ2) is 7.55. The molecular weight excluding hydrogens is 338 g/mol. The van der Waals surface area contributed by atoms with E-state index in [9.17, 15) is 0 Å². The molecule has 0 bridgehead atoms. The van der Waals surface area contributed by atoms with Gasteiger partial charge in [-0.2, -0.15) is 0 Å². The van der Waals surface area contributed by atoms with E-state index in [2.05, 4.69) is 18.7 Å². The summed E-state index contributed by atoms with van der Waals surface area (Å²) in [6.45, 7) is 3.78. The third-order valence-electron chi connectivity index (χ3n) is 3.51. The second-order valence-electron chi connectivity index (χ2n) is 4.90. The maximum atomic E-state index is 5.25. The average molecular weight is 355 g/mol. The molecule has 24 heavy (non-hydrogen) atoms. The van der Waals surface area contributed by atoms with Crippen LogP contribution in [-0.2, 0) is 0 Å². The quantitative estimate of drug-likeness (QED) is 0.528. The molecule has 0 atom stereocenters. The molecule has 0 unspecified atom stereocenters. The van der Waals surface area contributed by atoms with Gasteiger partial charge >= 0.3 is 0 Å². The Morgan fingerprint density at radius 3 is 1.96 bits per heavy atom. The first-order valence-electron chi connectivity index (χ1n) is 7.32. The SMILES string of the molecule is C=CSc1nc(-c2ccc(OC)cc2)c(-c2ccc(OC)cc2)s1. The predicted octanol–water partition coefficient (Wildman–Crippen LogP) is 5.73. The van der Waals surface area contributed by atoms with Crippen molar-refractivity contribution in [3.63, 3.8) is 0 Å². The highest BCUT2D eigenvalue weighted by Crippen LogP contribution is 2.41. The lowest BCUT2D eigenvalue weighted by Crippen LogP contribution is -1.85. The van der Waals surface area contributed by atoms with Crippen LogP contribution in [0.3, 0.4) is 0 Å². The normalized spacial score (nSPS) is 10.4. The minimum atomic E-state index is 0.834. The van der Waals surface area contributed by atoms with Gasteiger partial charge in [-0.25, -0.2) is 4.98 Å². The third-order valence-corrected chi connectivity index (χ3v) is 5.40. The first-order valence-corrected chi connectivity index (χ1v) is 9.02. The molecule has 3 rings (SSSR count). The zero-order valence-corrected chi connectivity index (χ0v) is 15.1. The molecule has 3 nitrogen and oxygen atoms in total. The van der Waals surface area contributed by atoms with Crippen LogP contribution in [0.1, 0.15) is 0 Å². The van der Waals surface area contributed by atoms with Crippen LogP contribution < -0.4 is 9.47 Å². The van der Waals surface area contributed by atoms with Crippen LogP contribution in [0.15, 0.2) is 64.9 Å². The fourth-order valence-corrected chi connectivity index (χ4v) is 4.06. The summed E-state index contributed by atoms with van der Waals surface area (Å²) < 4.78 is 11.5. The van der Waals surface area contributed by atoms with Crippen molar-refractivity contribution in [1.29, 1.82) is 0 Å². The van der Waals surface area contributed by atoms with E-state index < -0.39 is 0 Å². The van der Waals surface area contributed by atoms with Crippen molar-refractivity contribution >= 4 is 23.1 Å². The fourth-order valence-electron chi connectivity index (χ4n) is 2.30. The number of benzene rings is 2. The summed E-state index contributed by atoms with van der Waals surface area (Å²) in [5.41, 5.74) is 3.15. The first-order chi connectivity index (χ1) is 11.7. The average Bonchev–Trinajstić information content (AvgIpc) is 3.06. The number of thiazole rings is 1. The molecule has 0 aliphatic rings. The van der Waals surface area contributed by atoms with Crippen molar-refractivity contribution in [3.8, 4) is 33.2 Å². The smallest absolute Gasteiger partial charge is 0.155 e. The molecule has 0 saturated carbocycles. The lowest BCUT2D eigenvalue weighted by Gasteiger charge is -2.05. The Bertz CT molecular complexity index is 759. The van der Waals surface area contributed by atoms with Gasteiger partial charge < -0.3 is 9.47 Å². The maximum Gasteiger partial charge on any atom is 0.155 e. The molecule has 122 valence electrons. The molecule has 1 aromatic heterocycles. The van der Waals surface area contributed by atoms with E-state index in [-0.39, 0.29) is 0 Å². The summed E-state index contributed by atoms with van der Waals surface area (Å²) in [5, 5.41) is 1.80. The molecule has 0 aliphatic carbocycles. The van der Waals surface area contributed by atoms with E-state index in [0.717, 1.165) is 37.5 Å². The van der Waals surface area contributed by atoms with E-state index in [1.165, 1.54) is 11.8 Å². The van der Waals surface area contributed by atoms with E-state index in [1.807, 2.05) is 36.4 Å². The number of methoxy groups -OCH3 is 2. The number of ether oxygens (including phenoxy) is 2. The van der Waals surface area contributed by atoms with Gasteiger partial charge in [0, 0.05) is 5.56 Å². The number of thioether (sulfide) groups is 1. The molecule has 3 aromatic rings. The molecule has 0 aliphatic heterocycles. The minimum Gasteiger partial charge on any atom is -0.497 e. The maximum absolute atomic E-state index is 5.25. The third kappa shape index (κ3) is 3.47. The summed E-state index contributed by atoms with van der Waals surface area (Å²) in [4.78, 5) is 5.91. The fraction of sp³-hybridized carbons (Fsp3) is 0.105. The molecule has 0 N–H and O–H groups in total. The largest absolute Gasteiger partial charge is 0.497 e. The van der Waals surface area contributed by atoms with Crippen molar-refractivity contribution in [2.45, 2.75) is 4.34 Å². The number of hydrogen-bond acceptors (Lipinski definition) is 5. The highest BCUT2D eigenvalue weighted by molar-refractivity contribution is 8.03. The van der Waals surface area contributed by atoms with Crippen LogP contribution in [0, 0.1) is 0 Å². The van der Waals surface area contributed by atoms with Crippen LogP contribution in [0.25, 0.3) is 21.7 Å². The van der Waals surface area contributed by atoms with Crippen LogP contribution in [-0.4, -0.2) is 19.2 Å². The van der Waals surface area contributed by atoms with Crippen molar-refractivity contribution in [1.82, 2.24) is 4.98 Å². The van der Waals surface area contributed by atoms with Gasteiger partial charge in [0.2, 0.25) is 0 Å². The standard InChI is InChI=1S/C19H17NO2S2/c1-4-23-19-20-17(13-5-9-15(21-2)10-6-13)18(24-19)14-7-11-16(22-3)12-8-14/h4-12H,1H2,2-3H3. The van der Waals surface area contributed by atoms with Gasteiger partial charge in [0.15, 0.2) is 4.34 Å². The Hall–Kier alpha value is -2.24. The Morgan fingerprint density at radius 1 is 0.917 bits per heavy atom. The highest BCUT2D eigenvalue weighted by Gasteiger charge is 2.15. The monoisotopic (exact) mass is 355 g/mol. The molecule has 0 saturated heterocycles. The molecule has 0 amide bonds. The van der Waals surface area contributed by atoms with E-state index in [1.54, 1.807) is 31.0 Å². The summed E-state index contributed by atoms with van der Waals surface area (Å²) >= 11 is 3.20. The topological polar surface area (TPSA) is 31.4 Å². The van der Waals surface area contributed by atoms with Crippen LogP contribution >= 0.6 is 23.1 Å². The number of aromatic nitrogens is 1.